The molecule has 7 heteroatoms. The number of para-hydroxylation sites is 1. The van der Waals surface area contributed by atoms with Crippen LogP contribution in [0.3, 0.4) is 0 Å². The van der Waals surface area contributed by atoms with Crippen molar-refractivity contribution in [1.82, 2.24) is 20.0 Å². The number of nitrogens with one attached hydrogen (secondary N) is 1. The number of halogens is 2. The number of benzene rings is 1. The van der Waals surface area contributed by atoms with E-state index in [4.69, 9.17) is 17.3 Å². The fourth-order valence-electron chi connectivity index (χ4n) is 2.26. The molecule has 0 unspecified atom stereocenters. The van der Waals surface area contributed by atoms with Crippen molar-refractivity contribution in [2.75, 3.05) is 5.73 Å². The molecule has 0 bridgehead atoms. The van der Waals surface area contributed by atoms with E-state index in [9.17, 15) is 4.39 Å². The SMILES string of the molecule is CCCc1nn(-c2c(F)cccc2Cl)c2n[nH]c(N)c12. The van der Waals surface area contributed by atoms with E-state index in [0.717, 1.165) is 23.9 Å². The summed E-state index contributed by atoms with van der Waals surface area (Å²) in [6, 6.07) is 4.50. The average Bonchev–Trinajstić information content (AvgIpc) is 2.93. The van der Waals surface area contributed by atoms with Crippen molar-refractivity contribution in [3.8, 4) is 5.69 Å². The van der Waals surface area contributed by atoms with Crippen LogP contribution in [0.15, 0.2) is 18.2 Å². The Morgan fingerprint density at radius 1 is 1.45 bits per heavy atom. The van der Waals surface area contributed by atoms with Crippen LogP contribution in [0.5, 0.6) is 0 Å². The molecule has 1 aromatic carbocycles. The van der Waals surface area contributed by atoms with Crippen LogP contribution >= 0.6 is 11.6 Å². The normalized spacial score (nSPS) is 11.3. The third-order valence-corrected chi connectivity index (χ3v) is 3.43. The Bertz CT molecular complexity index is 756. The molecule has 0 aliphatic rings. The van der Waals surface area contributed by atoms with E-state index in [0.29, 0.717) is 11.5 Å². The van der Waals surface area contributed by atoms with Crippen LogP contribution in [0.1, 0.15) is 19.0 Å². The molecule has 0 aliphatic carbocycles. The lowest BCUT2D eigenvalue weighted by molar-refractivity contribution is 0.611. The van der Waals surface area contributed by atoms with Crippen LogP contribution in [0, 0.1) is 5.82 Å². The summed E-state index contributed by atoms with van der Waals surface area (Å²) in [6.07, 6.45) is 1.64. The monoisotopic (exact) mass is 293 g/mol. The molecule has 3 rings (SSSR count). The molecule has 0 spiro atoms. The van der Waals surface area contributed by atoms with Gasteiger partial charge in [-0.25, -0.2) is 9.07 Å². The number of aryl methyl sites for hydroxylation is 1. The standard InChI is InChI=1S/C13H13ClFN5/c1-2-4-9-10-12(16)17-18-13(10)20(19-9)11-7(14)5-3-6-8(11)15/h3,5-6H,2,4H2,1H3,(H3,16,17,18). The molecule has 0 saturated carbocycles. The summed E-state index contributed by atoms with van der Waals surface area (Å²) in [5.41, 5.74) is 7.33. The van der Waals surface area contributed by atoms with Gasteiger partial charge in [-0.2, -0.15) is 10.2 Å². The second-order valence-electron chi connectivity index (χ2n) is 4.51. The number of aromatic nitrogens is 4. The van der Waals surface area contributed by atoms with Crippen molar-refractivity contribution in [1.29, 1.82) is 0 Å². The van der Waals surface area contributed by atoms with Gasteiger partial charge in [0.05, 0.1) is 16.1 Å². The minimum Gasteiger partial charge on any atom is -0.383 e. The molecule has 3 aromatic rings. The van der Waals surface area contributed by atoms with Crippen molar-refractivity contribution < 1.29 is 4.39 Å². The minimum atomic E-state index is -0.452. The number of nitrogen functional groups attached to an aromatic ring is 1. The predicted octanol–water partition coefficient (Wildman–Crippen LogP) is 3.08. The van der Waals surface area contributed by atoms with Crippen molar-refractivity contribution in [3.63, 3.8) is 0 Å². The molecule has 0 aliphatic heterocycles. The topological polar surface area (TPSA) is 72.5 Å². The van der Waals surface area contributed by atoms with Gasteiger partial charge in [0.25, 0.3) is 0 Å². The number of hydrogen-bond acceptors (Lipinski definition) is 3. The third-order valence-electron chi connectivity index (χ3n) is 3.12. The zero-order valence-electron chi connectivity index (χ0n) is 10.8. The summed E-state index contributed by atoms with van der Waals surface area (Å²) in [7, 11) is 0. The molecule has 0 atom stereocenters. The van der Waals surface area contributed by atoms with E-state index in [1.807, 2.05) is 6.92 Å². The molecule has 2 heterocycles. The highest BCUT2D eigenvalue weighted by atomic mass is 35.5. The fraction of sp³-hybridized carbons (Fsp3) is 0.231. The average molecular weight is 294 g/mol. The van der Waals surface area contributed by atoms with Crippen LogP contribution in [-0.4, -0.2) is 20.0 Å². The van der Waals surface area contributed by atoms with E-state index >= 15 is 0 Å². The van der Waals surface area contributed by atoms with Gasteiger partial charge < -0.3 is 5.73 Å². The van der Waals surface area contributed by atoms with Crippen LogP contribution < -0.4 is 5.73 Å². The quantitative estimate of drug-likeness (QED) is 0.779. The molecule has 104 valence electrons. The van der Waals surface area contributed by atoms with Crippen LogP contribution in [0.4, 0.5) is 10.2 Å². The summed E-state index contributed by atoms with van der Waals surface area (Å²) in [5, 5.41) is 12.2. The van der Waals surface area contributed by atoms with Gasteiger partial charge in [-0.15, -0.1) is 0 Å². The number of aromatic amines is 1. The summed E-state index contributed by atoms with van der Waals surface area (Å²) in [6.45, 7) is 2.04. The van der Waals surface area contributed by atoms with Crippen LogP contribution in [-0.2, 0) is 6.42 Å². The van der Waals surface area contributed by atoms with Gasteiger partial charge in [-0.05, 0) is 18.6 Å². The van der Waals surface area contributed by atoms with Gasteiger partial charge in [0.2, 0.25) is 0 Å². The third kappa shape index (κ3) is 1.84. The number of nitrogens with two attached hydrogens (primary N) is 1. The lowest BCUT2D eigenvalue weighted by Crippen LogP contribution is -2.02. The Morgan fingerprint density at radius 3 is 2.95 bits per heavy atom. The van der Waals surface area contributed by atoms with Crippen molar-refractivity contribution >= 4 is 28.5 Å². The van der Waals surface area contributed by atoms with E-state index in [2.05, 4.69) is 15.3 Å². The first kappa shape index (κ1) is 12.9. The molecule has 3 N–H and O–H groups in total. The van der Waals surface area contributed by atoms with Gasteiger partial charge >= 0.3 is 0 Å². The number of nitrogens with zero attached hydrogens (tertiary/aromatic N) is 3. The second kappa shape index (κ2) is 4.79. The zero-order valence-corrected chi connectivity index (χ0v) is 11.6. The molecule has 0 radical (unpaired) electrons. The Kier molecular flexibility index (Phi) is 3.10. The van der Waals surface area contributed by atoms with Gasteiger partial charge in [-0.1, -0.05) is 31.0 Å². The predicted molar refractivity (Wildman–Crippen MR) is 76.6 cm³/mol. The van der Waals surface area contributed by atoms with Crippen LogP contribution in [0.25, 0.3) is 16.7 Å². The van der Waals surface area contributed by atoms with Crippen molar-refractivity contribution in [2.45, 2.75) is 19.8 Å². The highest BCUT2D eigenvalue weighted by molar-refractivity contribution is 6.32. The Morgan fingerprint density at radius 2 is 2.25 bits per heavy atom. The summed E-state index contributed by atoms with van der Waals surface area (Å²) in [4.78, 5) is 0. The summed E-state index contributed by atoms with van der Waals surface area (Å²) in [5.74, 6) is -0.0197. The first-order valence-electron chi connectivity index (χ1n) is 6.29. The molecular formula is C13H13ClFN5. The van der Waals surface area contributed by atoms with Crippen molar-refractivity contribution in [3.05, 3.63) is 34.7 Å². The molecule has 0 saturated heterocycles. The fourth-order valence-corrected chi connectivity index (χ4v) is 2.50. The van der Waals surface area contributed by atoms with Gasteiger partial charge in [0.1, 0.15) is 17.3 Å². The van der Waals surface area contributed by atoms with Gasteiger partial charge in [-0.3, -0.25) is 5.10 Å². The zero-order chi connectivity index (χ0) is 14.3. The van der Waals surface area contributed by atoms with E-state index < -0.39 is 5.82 Å². The summed E-state index contributed by atoms with van der Waals surface area (Å²) < 4.78 is 15.5. The highest BCUT2D eigenvalue weighted by Gasteiger charge is 2.20. The molecule has 2 aromatic heterocycles. The molecule has 5 nitrogen and oxygen atoms in total. The van der Waals surface area contributed by atoms with Crippen LogP contribution in [0.2, 0.25) is 5.02 Å². The van der Waals surface area contributed by atoms with E-state index in [-0.39, 0.29) is 10.7 Å². The first-order valence-corrected chi connectivity index (χ1v) is 6.67. The number of fused-ring (bicyclic) bond motifs is 1. The molecule has 0 fully saturated rings. The van der Waals surface area contributed by atoms with Crippen molar-refractivity contribution in [2.24, 2.45) is 0 Å². The van der Waals surface area contributed by atoms with E-state index in [1.165, 1.54) is 10.7 Å². The van der Waals surface area contributed by atoms with E-state index in [1.54, 1.807) is 12.1 Å². The lowest BCUT2D eigenvalue weighted by atomic mass is 10.2. The smallest absolute Gasteiger partial charge is 0.186 e. The largest absolute Gasteiger partial charge is 0.383 e. The Balaban J connectivity index is 2.32. The number of anilines is 1. The Hall–Kier alpha value is -2.08. The lowest BCUT2D eigenvalue weighted by Gasteiger charge is -2.05. The number of rotatable bonds is 3. The molecule has 20 heavy (non-hydrogen) atoms. The molecule has 0 amide bonds. The number of H-pyrrole nitrogens is 1. The highest BCUT2D eigenvalue weighted by Crippen LogP contribution is 2.30. The summed E-state index contributed by atoms with van der Waals surface area (Å²) >= 11 is 6.09. The maximum Gasteiger partial charge on any atom is 0.186 e. The van der Waals surface area contributed by atoms with Gasteiger partial charge in [0, 0.05) is 0 Å². The maximum atomic E-state index is 14.1. The van der Waals surface area contributed by atoms with Gasteiger partial charge in [0.15, 0.2) is 5.65 Å². The second-order valence-corrected chi connectivity index (χ2v) is 4.92. The maximum absolute atomic E-state index is 14.1. The minimum absolute atomic E-state index is 0.188. The number of hydrogen-bond donors (Lipinski definition) is 2. The molecular weight excluding hydrogens is 281 g/mol. The Labute approximate surface area is 119 Å². The first-order chi connectivity index (χ1) is 9.63.